The van der Waals surface area contributed by atoms with Crippen molar-refractivity contribution in [2.24, 2.45) is 0 Å². The molecule has 1 aliphatic heterocycles. The molecule has 0 N–H and O–H groups in total. The minimum absolute atomic E-state index is 0.210. The van der Waals surface area contributed by atoms with Gasteiger partial charge >= 0.3 is 6.09 Å². The fourth-order valence-electron chi connectivity index (χ4n) is 2.86. The number of halogens is 1. The lowest BCUT2D eigenvalue weighted by Crippen LogP contribution is -2.41. The molecular formula is C17H29BrN4O2. The number of likely N-dealkylation sites (N-methyl/N-ethyl adjacent to an activating group) is 1. The van der Waals surface area contributed by atoms with E-state index in [4.69, 9.17) is 4.74 Å². The van der Waals surface area contributed by atoms with Gasteiger partial charge < -0.3 is 19.1 Å². The van der Waals surface area contributed by atoms with E-state index in [9.17, 15) is 4.79 Å². The largest absolute Gasteiger partial charge is 0.444 e. The first-order chi connectivity index (χ1) is 11.2. The van der Waals surface area contributed by atoms with E-state index in [0.717, 1.165) is 49.4 Å². The lowest BCUT2D eigenvalue weighted by atomic mass is 9.96. The van der Waals surface area contributed by atoms with E-state index in [1.54, 1.807) is 0 Å². The summed E-state index contributed by atoms with van der Waals surface area (Å²) >= 11 is 3.49. The van der Waals surface area contributed by atoms with Gasteiger partial charge in [-0.3, -0.25) is 0 Å². The lowest BCUT2D eigenvalue weighted by molar-refractivity contribution is 0.0202. The fraction of sp³-hybridized carbons (Fsp3) is 0.765. The summed E-state index contributed by atoms with van der Waals surface area (Å²) in [7, 11) is 4.15. The molecule has 1 saturated heterocycles. The van der Waals surface area contributed by atoms with Crippen molar-refractivity contribution in [2.45, 2.75) is 51.7 Å². The summed E-state index contributed by atoms with van der Waals surface area (Å²) in [5, 5.41) is 0. The first-order valence-electron chi connectivity index (χ1n) is 8.51. The third-order valence-corrected chi connectivity index (χ3v) is 4.46. The second kappa shape index (κ2) is 7.87. The zero-order chi connectivity index (χ0) is 17.9. The number of ether oxygens (including phenoxy) is 1. The number of rotatable bonds is 4. The number of amides is 1. The van der Waals surface area contributed by atoms with Crippen LogP contribution in [0.25, 0.3) is 0 Å². The Morgan fingerprint density at radius 1 is 1.38 bits per heavy atom. The Kier molecular flexibility index (Phi) is 6.31. The van der Waals surface area contributed by atoms with Gasteiger partial charge in [-0.05, 0) is 63.6 Å². The minimum Gasteiger partial charge on any atom is -0.444 e. The monoisotopic (exact) mass is 400 g/mol. The van der Waals surface area contributed by atoms with Crippen LogP contribution in [0.5, 0.6) is 0 Å². The van der Waals surface area contributed by atoms with Crippen LogP contribution in [0.1, 0.15) is 45.4 Å². The Labute approximate surface area is 153 Å². The number of hydrogen-bond donors (Lipinski definition) is 0. The Hall–Kier alpha value is -1.08. The molecule has 24 heavy (non-hydrogen) atoms. The number of aromatic nitrogens is 2. The quantitative estimate of drug-likeness (QED) is 0.777. The number of piperidine rings is 1. The predicted molar refractivity (Wildman–Crippen MR) is 98.3 cm³/mol. The molecular weight excluding hydrogens is 372 g/mol. The molecule has 0 aromatic carbocycles. The van der Waals surface area contributed by atoms with Gasteiger partial charge in [0.2, 0.25) is 0 Å². The van der Waals surface area contributed by atoms with Gasteiger partial charge in [0, 0.05) is 38.3 Å². The van der Waals surface area contributed by atoms with Crippen molar-refractivity contribution in [1.29, 1.82) is 0 Å². The van der Waals surface area contributed by atoms with Crippen LogP contribution in [0.15, 0.2) is 10.8 Å². The van der Waals surface area contributed by atoms with Gasteiger partial charge in [0.15, 0.2) is 0 Å². The molecule has 1 aromatic rings. The highest BCUT2D eigenvalue weighted by molar-refractivity contribution is 9.10. The van der Waals surface area contributed by atoms with E-state index in [1.807, 2.05) is 25.7 Å². The molecule has 0 bridgehead atoms. The highest BCUT2D eigenvalue weighted by Crippen LogP contribution is 2.29. The first-order valence-corrected chi connectivity index (χ1v) is 9.30. The molecule has 0 radical (unpaired) electrons. The van der Waals surface area contributed by atoms with E-state index in [0.29, 0.717) is 5.92 Å². The molecule has 1 aromatic heterocycles. The Morgan fingerprint density at radius 2 is 2.00 bits per heavy atom. The number of likely N-dealkylation sites (tertiary alicyclic amines) is 1. The summed E-state index contributed by atoms with van der Waals surface area (Å²) in [5.41, 5.74) is -0.443. The number of nitrogens with zero attached hydrogens (tertiary/aromatic N) is 4. The van der Waals surface area contributed by atoms with Crippen LogP contribution in [-0.2, 0) is 11.3 Å². The molecule has 6 nitrogen and oxygen atoms in total. The third kappa shape index (κ3) is 5.48. The third-order valence-electron chi connectivity index (χ3n) is 4.08. The smallest absolute Gasteiger partial charge is 0.410 e. The summed E-state index contributed by atoms with van der Waals surface area (Å²) in [6.07, 6.45) is 3.69. The van der Waals surface area contributed by atoms with Gasteiger partial charge in [-0.1, -0.05) is 0 Å². The predicted octanol–water partition coefficient (Wildman–Crippen LogP) is 3.32. The molecule has 1 amide bonds. The summed E-state index contributed by atoms with van der Waals surface area (Å²) < 4.78 is 8.58. The maximum absolute atomic E-state index is 12.2. The van der Waals surface area contributed by atoms with Crippen molar-refractivity contribution in [1.82, 2.24) is 19.4 Å². The number of hydrogen-bond acceptors (Lipinski definition) is 4. The van der Waals surface area contributed by atoms with Crippen molar-refractivity contribution in [2.75, 3.05) is 33.7 Å². The van der Waals surface area contributed by atoms with E-state index >= 15 is 0 Å². The standard InChI is InChI=1S/C17H29BrN4O2/c1-17(2,3)24-16(23)21-8-6-13(7-9-21)15-19-14(18)12-22(15)11-10-20(4)5/h12-13H,6-11H2,1-5H3. The van der Waals surface area contributed by atoms with Crippen molar-refractivity contribution in [3.8, 4) is 0 Å². The van der Waals surface area contributed by atoms with Crippen LogP contribution in [0.2, 0.25) is 0 Å². The Balaban J connectivity index is 1.96. The molecule has 1 fully saturated rings. The van der Waals surface area contributed by atoms with Crippen LogP contribution in [0, 0.1) is 0 Å². The molecule has 2 heterocycles. The molecule has 0 atom stereocenters. The van der Waals surface area contributed by atoms with Gasteiger partial charge in [-0.25, -0.2) is 9.78 Å². The zero-order valence-corrected chi connectivity index (χ0v) is 17.0. The maximum atomic E-state index is 12.2. The average Bonchev–Trinajstić information content (AvgIpc) is 2.84. The molecule has 0 saturated carbocycles. The van der Waals surface area contributed by atoms with Gasteiger partial charge in [-0.15, -0.1) is 0 Å². The Bertz CT molecular complexity index is 557. The molecule has 1 aliphatic rings. The summed E-state index contributed by atoms with van der Waals surface area (Å²) in [5.74, 6) is 1.50. The summed E-state index contributed by atoms with van der Waals surface area (Å²) in [4.78, 5) is 20.8. The second-order valence-electron chi connectivity index (χ2n) is 7.66. The van der Waals surface area contributed by atoms with Gasteiger partial charge in [0.1, 0.15) is 16.0 Å². The number of imidazole rings is 1. The number of carbonyl (C=O) groups excluding carboxylic acids is 1. The van der Waals surface area contributed by atoms with Crippen LogP contribution in [0.3, 0.4) is 0 Å². The SMILES string of the molecule is CN(C)CCn1cc(Br)nc1C1CCN(C(=O)OC(C)(C)C)CC1. The second-order valence-corrected chi connectivity index (χ2v) is 8.47. The highest BCUT2D eigenvalue weighted by Gasteiger charge is 2.29. The molecule has 0 unspecified atom stereocenters. The molecule has 0 aliphatic carbocycles. The van der Waals surface area contributed by atoms with Crippen LogP contribution >= 0.6 is 15.9 Å². The van der Waals surface area contributed by atoms with Crippen molar-refractivity contribution in [3.05, 3.63) is 16.6 Å². The average molecular weight is 401 g/mol. The van der Waals surface area contributed by atoms with Crippen LogP contribution < -0.4 is 0 Å². The molecule has 136 valence electrons. The molecule has 0 spiro atoms. The van der Waals surface area contributed by atoms with E-state index in [-0.39, 0.29) is 6.09 Å². The zero-order valence-electron chi connectivity index (χ0n) is 15.4. The van der Waals surface area contributed by atoms with Crippen molar-refractivity contribution >= 4 is 22.0 Å². The fourth-order valence-corrected chi connectivity index (χ4v) is 3.29. The lowest BCUT2D eigenvalue weighted by Gasteiger charge is -2.33. The van der Waals surface area contributed by atoms with E-state index in [1.165, 1.54) is 0 Å². The first kappa shape index (κ1) is 19.2. The Morgan fingerprint density at radius 3 is 2.54 bits per heavy atom. The molecule has 7 heteroatoms. The molecule has 2 rings (SSSR count). The van der Waals surface area contributed by atoms with E-state index in [2.05, 4.69) is 50.7 Å². The number of carbonyl (C=O) groups is 1. The van der Waals surface area contributed by atoms with Crippen LogP contribution in [0.4, 0.5) is 4.79 Å². The van der Waals surface area contributed by atoms with Gasteiger partial charge in [0.25, 0.3) is 0 Å². The topological polar surface area (TPSA) is 50.6 Å². The van der Waals surface area contributed by atoms with Crippen molar-refractivity contribution < 1.29 is 9.53 Å². The van der Waals surface area contributed by atoms with E-state index < -0.39 is 5.60 Å². The van der Waals surface area contributed by atoms with Crippen LogP contribution in [-0.4, -0.2) is 64.8 Å². The minimum atomic E-state index is -0.443. The van der Waals surface area contributed by atoms with Gasteiger partial charge in [-0.2, -0.15) is 0 Å². The normalized spacial score (nSPS) is 16.7. The van der Waals surface area contributed by atoms with Gasteiger partial charge in [0.05, 0.1) is 0 Å². The summed E-state index contributed by atoms with van der Waals surface area (Å²) in [6.45, 7) is 9.04. The van der Waals surface area contributed by atoms with Crippen molar-refractivity contribution in [3.63, 3.8) is 0 Å². The summed E-state index contributed by atoms with van der Waals surface area (Å²) in [6, 6.07) is 0. The highest BCUT2D eigenvalue weighted by atomic mass is 79.9. The maximum Gasteiger partial charge on any atom is 0.410 e.